The third-order valence-electron chi connectivity index (χ3n) is 8.15. The molecule has 13 nitrogen and oxygen atoms in total. The lowest BCUT2D eigenvalue weighted by Crippen LogP contribution is -2.32. The second kappa shape index (κ2) is 13.3. The lowest BCUT2D eigenvalue weighted by Gasteiger charge is -2.19. The Hall–Kier alpha value is -6.63. The van der Waals surface area contributed by atoms with Crippen molar-refractivity contribution in [3.8, 4) is 5.88 Å². The molecule has 1 aliphatic rings. The zero-order valence-corrected chi connectivity index (χ0v) is 28.2. The maximum atomic E-state index is 13.0. The van der Waals surface area contributed by atoms with Crippen LogP contribution in [0.3, 0.4) is 0 Å². The first-order valence-electron chi connectivity index (χ1n) is 15.9. The SMILES string of the molecule is CC(=O)n1c(O)c(C(=Nc2ccc(CNC(=O)OC(C)(C)C)cc2)c2ccc(CN3C(=O)c4ccccc4C3=O)cc2)c2cc([N+](=O)[O-])ccc21. The molecule has 6 rings (SSSR count). The number of carbonyl (C=O) groups is 4. The van der Waals surface area contributed by atoms with Crippen LogP contribution in [0.25, 0.3) is 10.9 Å². The van der Waals surface area contributed by atoms with Gasteiger partial charge < -0.3 is 15.2 Å². The predicted molar refractivity (Wildman–Crippen MR) is 188 cm³/mol. The molecule has 0 spiro atoms. The maximum Gasteiger partial charge on any atom is 0.407 e. The molecule has 0 atom stereocenters. The highest BCUT2D eigenvalue weighted by atomic mass is 16.6. The average molecular weight is 688 g/mol. The molecule has 2 N–H and O–H groups in total. The van der Waals surface area contributed by atoms with Crippen molar-refractivity contribution in [1.82, 2.24) is 14.8 Å². The third-order valence-corrected chi connectivity index (χ3v) is 8.15. The van der Waals surface area contributed by atoms with Gasteiger partial charge in [0.15, 0.2) is 0 Å². The van der Waals surface area contributed by atoms with Crippen molar-refractivity contribution < 1.29 is 33.9 Å². The number of nitrogens with one attached hydrogen (secondary N) is 1. The summed E-state index contributed by atoms with van der Waals surface area (Å²) in [6.07, 6.45) is -0.565. The number of ether oxygens (including phenoxy) is 1. The number of nitrogens with zero attached hydrogens (tertiary/aromatic N) is 4. The number of imide groups is 1. The number of nitro benzene ring substituents is 1. The van der Waals surface area contributed by atoms with Crippen LogP contribution in [0.1, 0.15) is 75.5 Å². The number of nitro groups is 1. The Morgan fingerprint density at radius 1 is 0.902 bits per heavy atom. The summed E-state index contributed by atoms with van der Waals surface area (Å²) < 4.78 is 6.35. The van der Waals surface area contributed by atoms with E-state index in [1.54, 1.807) is 93.6 Å². The van der Waals surface area contributed by atoms with Gasteiger partial charge in [-0.15, -0.1) is 0 Å². The first-order valence-corrected chi connectivity index (χ1v) is 15.9. The van der Waals surface area contributed by atoms with E-state index in [4.69, 9.17) is 9.73 Å². The van der Waals surface area contributed by atoms with Gasteiger partial charge in [-0.05, 0) is 62.2 Å². The van der Waals surface area contributed by atoms with Crippen molar-refractivity contribution in [2.75, 3.05) is 0 Å². The van der Waals surface area contributed by atoms with Crippen molar-refractivity contribution in [1.29, 1.82) is 0 Å². The fourth-order valence-electron chi connectivity index (χ4n) is 5.84. The highest BCUT2D eigenvalue weighted by Crippen LogP contribution is 2.37. The molecule has 51 heavy (non-hydrogen) atoms. The summed E-state index contributed by atoms with van der Waals surface area (Å²) in [6.45, 7) is 6.77. The minimum atomic E-state index is -0.649. The summed E-state index contributed by atoms with van der Waals surface area (Å²) in [7, 11) is 0. The van der Waals surface area contributed by atoms with Crippen molar-refractivity contribution in [2.45, 2.75) is 46.4 Å². The van der Waals surface area contributed by atoms with E-state index >= 15 is 0 Å². The number of aliphatic imine (C=N–C) groups is 1. The molecule has 0 unspecified atom stereocenters. The van der Waals surface area contributed by atoms with Gasteiger partial charge in [0, 0.05) is 36.6 Å². The van der Waals surface area contributed by atoms with Crippen LogP contribution in [0, 0.1) is 10.1 Å². The highest BCUT2D eigenvalue weighted by molar-refractivity contribution is 6.23. The van der Waals surface area contributed by atoms with Gasteiger partial charge in [-0.2, -0.15) is 0 Å². The van der Waals surface area contributed by atoms with Gasteiger partial charge in [-0.25, -0.2) is 9.79 Å². The van der Waals surface area contributed by atoms with E-state index in [0.29, 0.717) is 27.9 Å². The van der Waals surface area contributed by atoms with Crippen molar-refractivity contribution in [3.63, 3.8) is 0 Å². The number of aromatic nitrogens is 1. The van der Waals surface area contributed by atoms with Crippen molar-refractivity contribution in [2.24, 2.45) is 4.99 Å². The molecule has 0 saturated carbocycles. The first kappa shape index (κ1) is 34.2. The largest absolute Gasteiger partial charge is 0.494 e. The fourth-order valence-corrected chi connectivity index (χ4v) is 5.84. The molecule has 5 aromatic rings. The molecular formula is C38H33N5O8. The van der Waals surface area contributed by atoms with Crippen LogP contribution in [0.2, 0.25) is 0 Å². The summed E-state index contributed by atoms with van der Waals surface area (Å²) in [6, 6.07) is 24.3. The Morgan fingerprint density at radius 2 is 1.51 bits per heavy atom. The molecule has 3 amide bonds. The summed E-state index contributed by atoms with van der Waals surface area (Å²) in [5.41, 5.74) is 2.63. The van der Waals surface area contributed by atoms with Crippen LogP contribution in [-0.4, -0.2) is 54.6 Å². The third kappa shape index (κ3) is 6.95. The van der Waals surface area contributed by atoms with Crippen LogP contribution in [-0.2, 0) is 17.8 Å². The Kier molecular flexibility index (Phi) is 8.96. The number of fused-ring (bicyclic) bond motifs is 2. The standard InChI is InChI=1S/C38H33N5O8/c1-22(44)42-31-18-17-27(43(49)50)19-30(31)32(36(42)47)33(40-26-15-11-23(12-16-26)20-39-37(48)51-38(2,3)4)25-13-9-24(10-14-25)21-41-34(45)28-7-5-6-8-29(28)35(41)46/h5-19,47H,20-21H2,1-4H3,(H,39,48). The van der Waals surface area contributed by atoms with Gasteiger partial charge in [0.2, 0.25) is 11.8 Å². The Bertz CT molecular complexity index is 2230. The minimum absolute atomic E-state index is 0.0129. The number of aromatic hydroxyl groups is 1. The summed E-state index contributed by atoms with van der Waals surface area (Å²) in [4.78, 5) is 68.0. The van der Waals surface area contributed by atoms with E-state index in [-0.39, 0.29) is 41.0 Å². The quantitative estimate of drug-likeness (QED) is 0.0766. The molecule has 4 aromatic carbocycles. The molecule has 0 saturated heterocycles. The summed E-state index contributed by atoms with van der Waals surface area (Å²) in [5.74, 6) is -1.76. The fraction of sp³-hybridized carbons (Fsp3) is 0.184. The molecule has 0 aliphatic carbocycles. The second-order valence-electron chi connectivity index (χ2n) is 12.9. The normalized spacial score (nSPS) is 13.0. The Balaban J connectivity index is 1.39. The molecule has 0 bridgehead atoms. The zero-order chi connectivity index (χ0) is 36.6. The van der Waals surface area contributed by atoms with Crippen LogP contribution in [0.5, 0.6) is 5.88 Å². The lowest BCUT2D eigenvalue weighted by atomic mass is 9.99. The number of non-ortho nitro benzene ring substituents is 1. The van der Waals surface area contributed by atoms with Gasteiger partial charge in [0.25, 0.3) is 17.5 Å². The Labute approximate surface area is 291 Å². The second-order valence-corrected chi connectivity index (χ2v) is 12.9. The smallest absolute Gasteiger partial charge is 0.407 e. The van der Waals surface area contributed by atoms with Crippen LogP contribution >= 0.6 is 0 Å². The van der Waals surface area contributed by atoms with Gasteiger partial charge in [-0.1, -0.05) is 48.5 Å². The summed E-state index contributed by atoms with van der Waals surface area (Å²) in [5, 5.41) is 26.2. The predicted octanol–water partition coefficient (Wildman–Crippen LogP) is 6.91. The van der Waals surface area contributed by atoms with E-state index in [1.165, 1.54) is 30.0 Å². The minimum Gasteiger partial charge on any atom is -0.494 e. The van der Waals surface area contributed by atoms with Crippen LogP contribution < -0.4 is 5.32 Å². The molecule has 0 fully saturated rings. The number of hydrogen-bond donors (Lipinski definition) is 2. The van der Waals surface area contributed by atoms with E-state index in [1.807, 2.05) is 0 Å². The number of benzene rings is 4. The number of carbonyl (C=O) groups excluding carboxylic acids is 4. The highest BCUT2D eigenvalue weighted by Gasteiger charge is 2.35. The Morgan fingerprint density at radius 3 is 2.08 bits per heavy atom. The molecule has 1 aliphatic heterocycles. The zero-order valence-electron chi connectivity index (χ0n) is 28.2. The topological polar surface area (TPSA) is 173 Å². The lowest BCUT2D eigenvalue weighted by molar-refractivity contribution is -0.384. The van der Waals surface area contributed by atoms with E-state index in [9.17, 15) is 34.4 Å². The van der Waals surface area contributed by atoms with E-state index in [2.05, 4.69) is 5.32 Å². The number of alkyl carbamates (subject to hydrolysis) is 1. The first-order chi connectivity index (χ1) is 24.2. The van der Waals surface area contributed by atoms with Crippen LogP contribution in [0.4, 0.5) is 16.2 Å². The molecule has 0 radical (unpaired) electrons. The van der Waals surface area contributed by atoms with Gasteiger partial charge in [0.1, 0.15) is 5.60 Å². The molecule has 13 heteroatoms. The van der Waals surface area contributed by atoms with E-state index in [0.717, 1.165) is 10.1 Å². The van der Waals surface area contributed by atoms with Gasteiger partial charge in [-0.3, -0.25) is 34.0 Å². The monoisotopic (exact) mass is 687 g/mol. The van der Waals surface area contributed by atoms with Crippen molar-refractivity contribution >= 4 is 51.8 Å². The molecular weight excluding hydrogens is 654 g/mol. The van der Waals surface area contributed by atoms with E-state index < -0.39 is 40.2 Å². The van der Waals surface area contributed by atoms with Crippen LogP contribution in [0.15, 0.2) is 96.0 Å². The maximum absolute atomic E-state index is 13.0. The molecule has 1 aromatic heterocycles. The molecule has 258 valence electrons. The van der Waals surface area contributed by atoms with Gasteiger partial charge >= 0.3 is 6.09 Å². The summed E-state index contributed by atoms with van der Waals surface area (Å²) >= 11 is 0. The molecule has 2 heterocycles. The average Bonchev–Trinajstić information content (AvgIpc) is 3.51. The number of amides is 3. The number of rotatable bonds is 8. The van der Waals surface area contributed by atoms with Crippen molar-refractivity contribution in [3.05, 3.63) is 134 Å². The van der Waals surface area contributed by atoms with Gasteiger partial charge in [0.05, 0.1) is 45.1 Å². The number of hydrogen-bond acceptors (Lipinski definition) is 9.